The first-order valence-corrected chi connectivity index (χ1v) is 12.4. The summed E-state index contributed by atoms with van der Waals surface area (Å²) in [5.74, 6) is -0.0104. The summed E-state index contributed by atoms with van der Waals surface area (Å²) in [5, 5.41) is 2.81. The molecule has 39 heavy (non-hydrogen) atoms. The topological polar surface area (TPSA) is 74.8 Å². The number of carbonyl (C=O) groups is 2. The number of rotatable bonds is 7. The smallest absolute Gasteiger partial charge is 0.416 e. The molecule has 0 unspecified atom stereocenters. The fourth-order valence-electron chi connectivity index (χ4n) is 4.46. The van der Waals surface area contributed by atoms with Crippen LogP contribution in [-0.2, 0) is 28.3 Å². The highest BCUT2D eigenvalue weighted by Gasteiger charge is 2.39. The first-order valence-electron chi connectivity index (χ1n) is 12.4. The average Bonchev–Trinajstić information content (AvgIpc) is 2.85. The predicted octanol–water partition coefficient (Wildman–Crippen LogP) is 6.12. The molecule has 3 rings (SSSR count). The van der Waals surface area contributed by atoms with Gasteiger partial charge in [0.2, 0.25) is 5.91 Å². The zero-order valence-electron chi connectivity index (χ0n) is 21.9. The van der Waals surface area contributed by atoms with Crippen molar-refractivity contribution in [2.75, 3.05) is 30.5 Å². The Kier molecular flexibility index (Phi) is 9.01. The Morgan fingerprint density at radius 2 is 1.67 bits per heavy atom. The minimum absolute atomic E-state index is 0.0523. The van der Waals surface area contributed by atoms with Crippen LogP contribution in [0.4, 0.5) is 42.6 Å². The Bertz CT molecular complexity index is 1170. The van der Waals surface area contributed by atoms with Gasteiger partial charge < -0.3 is 15.0 Å². The van der Waals surface area contributed by atoms with E-state index in [4.69, 9.17) is 4.74 Å². The lowest BCUT2D eigenvalue weighted by atomic mass is 9.93. The van der Waals surface area contributed by atoms with E-state index in [1.165, 1.54) is 4.90 Å². The number of aryl methyl sites for hydroxylation is 1. The molecule has 0 aliphatic carbocycles. The molecule has 0 saturated carbocycles. The zero-order chi connectivity index (χ0) is 29.1. The Morgan fingerprint density at radius 1 is 1.05 bits per heavy atom. The molecule has 0 fully saturated rings. The second-order valence-corrected chi connectivity index (χ2v) is 9.37. The fourth-order valence-corrected chi connectivity index (χ4v) is 4.46. The predicted molar refractivity (Wildman–Crippen MR) is 132 cm³/mol. The van der Waals surface area contributed by atoms with Crippen molar-refractivity contribution in [3.05, 3.63) is 52.7 Å². The van der Waals surface area contributed by atoms with Crippen LogP contribution in [0.15, 0.2) is 30.3 Å². The first kappa shape index (κ1) is 30.0. The van der Waals surface area contributed by atoms with Gasteiger partial charge in [-0.15, -0.1) is 0 Å². The van der Waals surface area contributed by atoms with Crippen molar-refractivity contribution in [1.82, 2.24) is 10.3 Å². The summed E-state index contributed by atoms with van der Waals surface area (Å²) in [5.41, 5.74) is -2.26. The molecule has 2 atom stereocenters. The second kappa shape index (κ2) is 11.7. The van der Waals surface area contributed by atoms with Crippen LogP contribution in [-0.4, -0.2) is 43.7 Å². The molecular weight excluding hydrogens is 530 g/mol. The lowest BCUT2D eigenvalue weighted by molar-refractivity contribution is -0.143. The number of alkyl halides is 6. The number of benzene rings is 1. The summed E-state index contributed by atoms with van der Waals surface area (Å²) < 4.78 is 84.3. The maximum Gasteiger partial charge on any atom is 0.416 e. The van der Waals surface area contributed by atoms with Crippen molar-refractivity contribution in [1.29, 1.82) is 0 Å². The van der Waals surface area contributed by atoms with Crippen LogP contribution in [0.1, 0.15) is 61.5 Å². The van der Waals surface area contributed by atoms with Gasteiger partial charge in [0, 0.05) is 26.6 Å². The van der Waals surface area contributed by atoms with Gasteiger partial charge in [-0.2, -0.15) is 26.3 Å². The van der Waals surface area contributed by atoms with E-state index in [2.05, 4.69) is 10.3 Å². The number of nitrogens with one attached hydrogen (secondary N) is 1. The molecule has 2 aromatic rings. The van der Waals surface area contributed by atoms with Crippen LogP contribution in [0.5, 0.6) is 0 Å². The average molecular weight is 561 g/mol. The third kappa shape index (κ3) is 7.12. The largest absolute Gasteiger partial charge is 0.449 e. The molecule has 214 valence electrons. The van der Waals surface area contributed by atoms with Crippen LogP contribution in [0, 0.1) is 0 Å². The van der Waals surface area contributed by atoms with E-state index in [9.17, 15) is 35.9 Å². The number of ether oxygens (including phenoxy) is 1. The number of halogens is 6. The molecule has 13 heteroatoms. The van der Waals surface area contributed by atoms with Gasteiger partial charge >= 0.3 is 18.4 Å². The van der Waals surface area contributed by atoms with Gasteiger partial charge in [-0.25, -0.2) is 9.78 Å². The summed E-state index contributed by atoms with van der Waals surface area (Å²) in [7, 11) is 3.54. The van der Waals surface area contributed by atoms with Gasteiger partial charge in [0.1, 0.15) is 5.82 Å². The minimum atomic E-state index is -4.97. The molecule has 2 heterocycles. The Hall–Kier alpha value is -3.51. The number of pyridine rings is 1. The van der Waals surface area contributed by atoms with Crippen molar-refractivity contribution in [2.45, 2.75) is 64.0 Å². The molecule has 0 saturated heterocycles. The number of amides is 2. The van der Waals surface area contributed by atoms with Crippen LogP contribution >= 0.6 is 0 Å². The number of anilines is 2. The lowest BCUT2D eigenvalue weighted by Gasteiger charge is -2.39. The highest BCUT2D eigenvalue weighted by Crippen LogP contribution is 2.39. The monoisotopic (exact) mass is 560 g/mol. The first-order chi connectivity index (χ1) is 18.1. The standard InChI is InChI=1S/C26H30F6N4O3/c1-5-18-14-19(23-20(36(18)24(38)39-6-2)8-9-21(34-23)35(3)4)33-22(37)10-7-15-11-16(25(27,28)29)13-17(12-15)26(30,31)32/h8-9,11-13,18-19H,5-7,10,14H2,1-4H3,(H,33,37)/t18-,19+/m1/s1. The number of hydrogen-bond donors (Lipinski definition) is 1. The fraction of sp³-hybridized carbons (Fsp3) is 0.500. The molecule has 0 radical (unpaired) electrons. The number of carbonyl (C=O) groups excluding carboxylic acids is 2. The van der Waals surface area contributed by atoms with Crippen LogP contribution in [0.2, 0.25) is 0 Å². The minimum Gasteiger partial charge on any atom is -0.449 e. The molecule has 0 spiro atoms. The van der Waals surface area contributed by atoms with Crippen LogP contribution in [0.3, 0.4) is 0 Å². The Morgan fingerprint density at radius 3 is 2.18 bits per heavy atom. The molecular formula is C26H30F6N4O3. The molecule has 1 aliphatic heterocycles. The van der Waals surface area contributed by atoms with Crippen molar-refractivity contribution in [2.24, 2.45) is 0 Å². The van der Waals surface area contributed by atoms with Crippen molar-refractivity contribution >= 4 is 23.5 Å². The third-order valence-electron chi connectivity index (χ3n) is 6.37. The van der Waals surface area contributed by atoms with E-state index >= 15 is 0 Å². The molecule has 2 amide bonds. The second-order valence-electron chi connectivity index (χ2n) is 9.37. The van der Waals surface area contributed by atoms with E-state index in [-0.39, 0.29) is 37.1 Å². The lowest BCUT2D eigenvalue weighted by Crippen LogP contribution is -2.48. The summed E-state index contributed by atoms with van der Waals surface area (Å²) in [6, 6.07) is 3.73. The number of aromatic nitrogens is 1. The Labute approximate surface area is 222 Å². The molecule has 1 N–H and O–H groups in total. The summed E-state index contributed by atoms with van der Waals surface area (Å²) in [6.07, 6.45) is -10.4. The summed E-state index contributed by atoms with van der Waals surface area (Å²) in [4.78, 5) is 33.5. The quantitative estimate of drug-likeness (QED) is 0.413. The van der Waals surface area contributed by atoms with Crippen LogP contribution in [0.25, 0.3) is 0 Å². The molecule has 1 aromatic heterocycles. The van der Waals surface area contributed by atoms with Gasteiger partial charge in [0.25, 0.3) is 0 Å². The maximum atomic E-state index is 13.2. The van der Waals surface area contributed by atoms with Crippen LogP contribution < -0.4 is 15.1 Å². The summed E-state index contributed by atoms with van der Waals surface area (Å²) in [6.45, 7) is 3.71. The normalized spacial score (nSPS) is 17.4. The number of nitrogens with zero attached hydrogens (tertiary/aromatic N) is 3. The van der Waals surface area contributed by atoms with E-state index in [0.29, 0.717) is 42.2 Å². The summed E-state index contributed by atoms with van der Waals surface area (Å²) >= 11 is 0. The van der Waals surface area contributed by atoms with Gasteiger partial charge in [-0.3, -0.25) is 9.69 Å². The van der Waals surface area contributed by atoms with Gasteiger partial charge in [0.05, 0.1) is 35.2 Å². The van der Waals surface area contributed by atoms with Gasteiger partial charge in [-0.05, 0) is 62.1 Å². The molecule has 7 nitrogen and oxygen atoms in total. The molecule has 1 aromatic carbocycles. The van der Waals surface area contributed by atoms with E-state index < -0.39 is 41.5 Å². The Balaban J connectivity index is 1.86. The highest BCUT2D eigenvalue weighted by molar-refractivity contribution is 5.90. The van der Waals surface area contributed by atoms with Crippen molar-refractivity contribution in [3.8, 4) is 0 Å². The maximum absolute atomic E-state index is 13.2. The van der Waals surface area contributed by atoms with Crippen molar-refractivity contribution in [3.63, 3.8) is 0 Å². The van der Waals surface area contributed by atoms with E-state index in [0.717, 1.165) is 0 Å². The SMILES string of the molecule is CCOC(=O)N1c2ccc(N(C)C)nc2[C@@H](NC(=O)CCc2cc(C(F)(F)F)cc(C(F)(F)F)c2)C[C@H]1CC. The van der Waals surface area contributed by atoms with Crippen molar-refractivity contribution < 1.29 is 40.7 Å². The molecule has 0 bridgehead atoms. The van der Waals surface area contributed by atoms with E-state index in [1.54, 1.807) is 38.1 Å². The van der Waals surface area contributed by atoms with Gasteiger partial charge in [-0.1, -0.05) is 6.92 Å². The highest BCUT2D eigenvalue weighted by atomic mass is 19.4. The van der Waals surface area contributed by atoms with E-state index in [1.807, 2.05) is 6.92 Å². The third-order valence-corrected chi connectivity index (χ3v) is 6.37. The van der Waals surface area contributed by atoms with Gasteiger partial charge in [0.15, 0.2) is 0 Å². The number of fused-ring (bicyclic) bond motifs is 1. The zero-order valence-corrected chi connectivity index (χ0v) is 21.9. The number of hydrogen-bond acceptors (Lipinski definition) is 5. The molecule has 1 aliphatic rings.